The molecule has 0 aliphatic carbocycles. The summed E-state index contributed by atoms with van der Waals surface area (Å²) < 4.78 is 14.8. The standard InChI is InChI=1S/C84H50O2/c1-2-60-56-75(79-77(69-31-17-7-18-32-69)81(71-50-44-65(45-51-71)39-36-61-22-9-3-10-23-61)85-82(79)72-52-46-66(47-53-72)40-37-62-24-11-4-12-25-62)59-76(57-60)80-78(70-33-19-8-20-34-70)84(74-35-21-30-68(58-74)43-42-64-28-15-6-16-29-64)86-83(80)73-54-48-67(49-55-73)41-38-63-26-13-5-14-27-63/h1,3-35,44-59H. The first-order valence-corrected chi connectivity index (χ1v) is 28.3. The van der Waals surface area contributed by atoms with E-state index in [1.165, 1.54) is 0 Å². The van der Waals surface area contributed by atoms with E-state index in [1.54, 1.807) is 0 Å². The lowest BCUT2D eigenvalue weighted by Crippen LogP contribution is -1.91. The molecule has 86 heavy (non-hydrogen) atoms. The molecule has 0 radical (unpaired) electrons. The van der Waals surface area contributed by atoms with Gasteiger partial charge in [0.05, 0.1) is 0 Å². The van der Waals surface area contributed by atoms with Crippen LogP contribution in [0.2, 0.25) is 0 Å². The lowest BCUT2D eigenvalue weighted by molar-refractivity contribution is 0.598. The summed E-state index contributed by atoms with van der Waals surface area (Å²) in [4.78, 5) is 0. The molecule has 13 aromatic rings. The zero-order valence-corrected chi connectivity index (χ0v) is 46.7. The van der Waals surface area contributed by atoms with E-state index < -0.39 is 0 Å². The van der Waals surface area contributed by atoms with Crippen LogP contribution in [0, 0.1) is 59.7 Å². The minimum atomic E-state index is 0.668. The topological polar surface area (TPSA) is 26.3 Å². The van der Waals surface area contributed by atoms with Gasteiger partial charge in [0.15, 0.2) is 0 Å². The minimum Gasteiger partial charge on any atom is -0.455 e. The molecular formula is C84H50O2. The van der Waals surface area contributed by atoms with E-state index in [4.69, 9.17) is 15.3 Å². The fraction of sp³-hybridized carbons (Fsp3) is 0. The fourth-order valence-corrected chi connectivity index (χ4v) is 10.5. The van der Waals surface area contributed by atoms with Crippen LogP contribution in [0.5, 0.6) is 0 Å². The summed E-state index contributed by atoms with van der Waals surface area (Å²) in [6.45, 7) is 0. The van der Waals surface area contributed by atoms with Crippen LogP contribution >= 0.6 is 0 Å². The Hall–Kier alpha value is -12.2. The number of furan rings is 2. The minimum absolute atomic E-state index is 0.668. The van der Waals surface area contributed by atoms with Crippen LogP contribution in [-0.2, 0) is 0 Å². The smallest absolute Gasteiger partial charge is 0.143 e. The van der Waals surface area contributed by atoms with Gasteiger partial charge in [-0.2, -0.15) is 0 Å². The van der Waals surface area contributed by atoms with Crippen molar-refractivity contribution >= 4 is 0 Å². The van der Waals surface area contributed by atoms with Gasteiger partial charge < -0.3 is 8.83 Å². The molecule has 0 aliphatic heterocycles. The van der Waals surface area contributed by atoms with Gasteiger partial charge in [-0.05, 0) is 174 Å². The van der Waals surface area contributed by atoms with Crippen molar-refractivity contribution in [2.45, 2.75) is 0 Å². The average molecular weight is 1090 g/mol. The van der Waals surface area contributed by atoms with Gasteiger partial charge in [0.25, 0.3) is 0 Å². The average Bonchev–Trinajstić information content (AvgIpc) is 1.70. The maximum atomic E-state index is 7.42. The predicted octanol–water partition coefficient (Wildman–Crippen LogP) is 19.8. The number of benzene rings is 11. The highest BCUT2D eigenvalue weighted by Gasteiger charge is 2.29. The molecule has 0 N–H and O–H groups in total. The Morgan fingerprint density at radius 2 is 0.430 bits per heavy atom. The molecular weight excluding hydrogens is 1040 g/mol. The molecule has 0 amide bonds. The third kappa shape index (κ3) is 11.9. The van der Waals surface area contributed by atoms with Crippen molar-refractivity contribution < 1.29 is 8.83 Å². The third-order valence-corrected chi connectivity index (χ3v) is 14.7. The molecule has 398 valence electrons. The van der Waals surface area contributed by atoms with Crippen LogP contribution in [0.4, 0.5) is 0 Å². The summed E-state index contributed by atoms with van der Waals surface area (Å²) in [5.74, 6) is 32.6. The number of rotatable bonds is 8. The molecule has 0 fully saturated rings. The van der Waals surface area contributed by atoms with Crippen molar-refractivity contribution in [3.63, 3.8) is 0 Å². The van der Waals surface area contributed by atoms with E-state index in [0.717, 1.165) is 111 Å². The number of terminal acetylenes is 1. The fourth-order valence-electron chi connectivity index (χ4n) is 10.5. The second-order valence-corrected chi connectivity index (χ2v) is 20.5. The zero-order chi connectivity index (χ0) is 57.9. The Bertz CT molecular complexity index is 4860. The maximum Gasteiger partial charge on any atom is 0.143 e. The van der Waals surface area contributed by atoms with E-state index in [1.807, 2.05) is 146 Å². The lowest BCUT2D eigenvalue weighted by Gasteiger charge is -2.14. The van der Waals surface area contributed by atoms with Crippen molar-refractivity contribution in [1.29, 1.82) is 0 Å². The van der Waals surface area contributed by atoms with Crippen LogP contribution in [0.25, 0.3) is 89.8 Å². The van der Waals surface area contributed by atoms with Gasteiger partial charge in [0.2, 0.25) is 0 Å². The highest BCUT2D eigenvalue weighted by atomic mass is 16.3. The molecule has 2 nitrogen and oxygen atoms in total. The molecule has 2 heterocycles. The normalized spacial score (nSPS) is 10.4. The predicted molar refractivity (Wildman–Crippen MR) is 352 cm³/mol. The van der Waals surface area contributed by atoms with Crippen molar-refractivity contribution in [2.75, 3.05) is 0 Å². The van der Waals surface area contributed by atoms with Gasteiger partial charge in [-0.25, -0.2) is 0 Å². The van der Waals surface area contributed by atoms with Gasteiger partial charge in [-0.3, -0.25) is 0 Å². The van der Waals surface area contributed by atoms with Gasteiger partial charge in [-0.15, -0.1) is 6.42 Å². The number of hydrogen-bond donors (Lipinski definition) is 0. The Morgan fingerprint density at radius 1 is 0.186 bits per heavy atom. The molecule has 13 rings (SSSR count). The zero-order valence-electron chi connectivity index (χ0n) is 46.7. The first kappa shape index (κ1) is 53.1. The van der Waals surface area contributed by atoms with Gasteiger partial charge >= 0.3 is 0 Å². The molecule has 2 heteroatoms. The number of hydrogen-bond acceptors (Lipinski definition) is 2. The molecule has 0 bridgehead atoms. The van der Waals surface area contributed by atoms with E-state index in [2.05, 4.69) is 205 Å². The summed E-state index contributed by atoms with van der Waals surface area (Å²) in [5.41, 5.74) is 18.6. The molecule has 2 aromatic heterocycles. The van der Waals surface area contributed by atoms with Crippen molar-refractivity contribution in [3.05, 3.63) is 347 Å². The van der Waals surface area contributed by atoms with E-state index in [-0.39, 0.29) is 0 Å². The van der Waals surface area contributed by atoms with Gasteiger partial charge in [-0.1, -0.05) is 199 Å². The lowest BCUT2D eigenvalue weighted by atomic mass is 9.86. The second-order valence-electron chi connectivity index (χ2n) is 20.5. The van der Waals surface area contributed by atoms with Crippen LogP contribution in [-0.4, -0.2) is 0 Å². The highest BCUT2D eigenvalue weighted by molar-refractivity contribution is 6.04. The second kappa shape index (κ2) is 24.9. The van der Waals surface area contributed by atoms with E-state index in [9.17, 15) is 0 Å². The summed E-state index contributed by atoms with van der Waals surface area (Å²) >= 11 is 0. The van der Waals surface area contributed by atoms with Crippen molar-refractivity contribution in [3.8, 4) is 150 Å². The Kier molecular flexibility index (Phi) is 15.4. The summed E-state index contributed by atoms with van der Waals surface area (Å²) in [6.07, 6.45) is 6.62. The summed E-state index contributed by atoms with van der Waals surface area (Å²) in [5, 5.41) is 0. The van der Waals surface area contributed by atoms with Gasteiger partial charge in [0, 0.05) is 94.6 Å². The van der Waals surface area contributed by atoms with Crippen molar-refractivity contribution in [1.82, 2.24) is 0 Å². The quantitative estimate of drug-likeness (QED) is 0.142. The summed E-state index contributed by atoms with van der Waals surface area (Å²) in [7, 11) is 0. The molecule has 0 spiro atoms. The Balaban J connectivity index is 1.04. The molecule has 0 saturated heterocycles. The van der Waals surface area contributed by atoms with E-state index >= 15 is 0 Å². The maximum absolute atomic E-state index is 7.42. The van der Waals surface area contributed by atoms with Crippen LogP contribution in [0.15, 0.2) is 306 Å². The summed E-state index contributed by atoms with van der Waals surface area (Å²) in [6, 6.07) is 100. The van der Waals surface area contributed by atoms with Crippen LogP contribution in [0.1, 0.15) is 50.1 Å². The van der Waals surface area contributed by atoms with Crippen LogP contribution < -0.4 is 0 Å². The van der Waals surface area contributed by atoms with Gasteiger partial charge in [0.1, 0.15) is 23.0 Å². The molecule has 0 saturated carbocycles. The molecule has 0 atom stereocenters. The first-order valence-electron chi connectivity index (χ1n) is 28.3. The SMILES string of the molecule is C#Cc1cc(-c2c(-c3ccc(C#Cc4ccccc4)cc3)oc(-c3ccc(C#Cc4ccccc4)cc3)c2-c2ccccc2)cc(-c2c(-c3ccc(C#Cc4ccccc4)cc3)oc(-c3cccc(C#Cc4ccccc4)c3)c2-c2ccccc2)c1. The van der Waals surface area contributed by atoms with E-state index in [0.29, 0.717) is 28.6 Å². The highest BCUT2D eigenvalue weighted by Crippen LogP contribution is 2.52. The van der Waals surface area contributed by atoms with Crippen molar-refractivity contribution in [2.24, 2.45) is 0 Å². The Morgan fingerprint density at radius 3 is 0.756 bits per heavy atom. The molecule has 11 aromatic carbocycles. The monoisotopic (exact) mass is 1090 g/mol. The molecule has 0 aliphatic rings. The molecule has 0 unspecified atom stereocenters. The first-order chi connectivity index (χ1) is 42.6. The van der Waals surface area contributed by atoms with Crippen LogP contribution in [0.3, 0.4) is 0 Å². The Labute approximate surface area is 502 Å². The third-order valence-electron chi connectivity index (χ3n) is 14.7. The largest absolute Gasteiger partial charge is 0.455 e.